The average Bonchev–Trinajstić information content (AvgIpc) is 3.23. The van der Waals surface area contributed by atoms with E-state index in [0.29, 0.717) is 13.0 Å². The van der Waals surface area contributed by atoms with E-state index < -0.39 is 13.9 Å². The highest BCUT2D eigenvalue weighted by atomic mass is 31.2. The summed E-state index contributed by atoms with van der Waals surface area (Å²) < 4.78 is 33.4. The number of hydrogen-bond acceptors (Lipinski definition) is 7. The van der Waals surface area contributed by atoms with Crippen LogP contribution in [0.1, 0.15) is 174 Å². The molecule has 0 aliphatic rings. The van der Waals surface area contributed by atoms with Gasteiger partial charge < -0.3 is 20.1 Å². The Balaban J connectivity index is 4.04. The third-order valence-corrected chi connectivity index (χ3v) is 10.2. The Hall–Kier alpha value is -2.58. The maximum absolute atomic E-state index is 12.6. The second kappa shape index (κ2) is 46.5. The molecule has 0 fully saturated rings. The summed E-state index contributed by atoms with van der Waals surface area (Å²) in [5, 5.41) is 0. The van der Waals surface area contributed by atoms with E-state index in [1.807, 2.05) is 0 Å². The molecule has 9 heteroatoms. The number of carbonyl (C=O) groups excluding carboxylic acids is 1. The molecule has 0 aliphatic carbocycles. The van der Waals surface area contributed by atoms with Gasteiger partial charge in [-0.2, -0.15) is 0 Å². The molecule has 0 saturated carbocycles. The first-order chi connectivity index (χ1) is 28.9. The monoisotopic (exact) mass is 844 g/mol. The molecule has 0 rings (SSSR count). The topological polar surface area (TPSA) is 117 Å². The maximum atomic E-state index is 12.6. The van der Waals surface area contributed by atoms with Crippen LogP contribution in [0.2, 0.25) is 0 Å². The minimum Gasteiger partial charge on any atom is -0.457 e. The number of carbonyl (C=O) groups is 1. The fourth-order valence-electron chi connectivity index (χ4n) is 5.84. The van der Waals surface area contributed by atoms with Crippen LogP contribution in [0.25, 0.3) is 0 Å². The lowest BCUT2D eigenvalue weighted by molar-refractivity contribution is -0.154. The number of rotatable bonds is 43. The van der Waals surface area contributed by atoms with E-state index in [9.17, 15) is 14.3 Å². The molecule has 0 aromatic carbocycles. The lowest BCUT2D eigenvalue weighted by atomic mass is 10.1. The quantitative estimate of drug-likeness (QED) is 0.0270. The Morgan fingerprint density at radius 1 is 0.525 bits per heavy atom. The zero-order chi connectivity index (χ0) is 43.0. The van der Waals surface area contributed by atoms with Gasteiger partial charge in [0.15, 0.2) is 0 Å². The minimum atomic E-state index is -4.29. The molecule has 0 heterocycles. The Morgan fingerprint density at radius 3 is 1.42 bits per heavy atom. The van der Waals surface area contributed by atoms with Gasteiger partial charge in [0.1, 0.15) is 6.10 Å². The van der Waals surface area contributed by atoms with E-state index in [0.717, 1.165) is 109 Å². The lowest BCUT2D eigenvalue weighted by Crippen LogP contribution is -2.28. The predicted molar refractivity (Wildman–Crippen MR) is 251 cm³/mol. The van der Waals surface area contributed by atoms with Crippen molar-refractivity contribution < 1.29 is 32.8 Å². The Kier molecular flexibility index (Phi) is 44.5. The van der Waals surface area contributed by atoms with Crippen molar-refractivity contribution >= 4 is 13.8 Å². The first-order valence-corrected chi connectivity index (χ1v) is 24.7. The van der Waals surface area contributed by atoms with Gasteiger partial charge in [0.05, 0.1) is 19.8 Å². The number of allylic oxidation sites excluding steroid dienone is 16. The molecular weight excluding hydrogens is 758 g/mol. The minimum absolute atomic E-state index is 0.0905. The van der Waals surface area contributed by atoms with Gasteiger partial charge in [-0.25, -0.2) is 4.57 Å². The smallest absolute Gasteiger partial charge is 0.457 e. The number of phosphoric acid groups is 1. The molecule has 8 nitrogen and oxygen atoms in total. The van der Waals surface area contributed by atoms with Crippen LogP contribution in [0.15, 0.2) is 97.2 Å². The van der Waals surface area contributed by atoms with Crippen molar-refractivity contribution in [2.45, 2.75) is 180 Å². The van der Waals surface area contributed by atoms with Crippen molar-refractivity contribution in [3.8, 4) is 0 Å². The fraction of sp³-hybridized carbons (Fsp3) is 0.660. The van der Waals surface area contributed by atoms with Gasteiger partial charge in [-0.05, 0) is 89.9 Å². The van der Waals surface area contributed by atoms with Crippen LogP contribution >= 0.6 is 7.82 Å². The van der Waals surface area contributed by atoms with Crippen LogP contribution in [0.3, 0.4) is 0 Å². The summed E-state index contributed by atoms with van der Waals surface area (Å²) in [5.41, 5.74) is 5.37. The molecule has 3 N–H and O–H groups in total. The second-order valence-corrected chi connectivity index (χ2v) is 16.3. The third-order valence-electron chi connectivity index (χ3n) is 9.24. The first kappa shape index (κ1) is 56.4. The molecule has 0 saturated heterocycles. The normalized spacial score (nSPS) is 14.3. The first-order valence-electron chi connectivity index (χ1n) is 23.2. The Morgan fingerprint density at radius 2 is 0.949 bits per heavy atom. The summed E-state index contributed by atoms with van der Waals surface area (Å²) >= 11 is 0. The number of ether oxygens (including phenoxy) is 2. The highest BCUT2D eigenvalue weighted by Gasteiger charge is 2.25. The zero-order valence-corrected chi connectivity index (χ0v) is 38.3. The largest absolute Gasteiger partial charge is 0.472 e. The average molecular weight is 844 g/mol. The Bertz CT molecular complexity index is 1220. The van der Waals surface area contributed by atoms with E-state index in [2.05, 4.69) is 111 Å². The van der Waals surface area contributed by atoms with Crippen molar-refractivity contribution in [3.05, 3.63) is 97.2 Å². The molecule has 2 atom stereocenters. The summed E-state index contributed by atoms with van der Waals surface area (Å²) in [6.45, 7) is 4.69. The third kappa shape index (κ3) is 46.3. The SMILES string of the molecule is CC/C=C\C/C=C\C/C=C\C/C=C\C/C=C\C/C=C\CCCCCCCCCOCC(COP(=O)(O)OCCN)OC(=O)CCCCCCC/C=C\C/C=C\CCCC. The van der Waals surface area contributed by atoms with Crippen molar-refractivity contribution in [2.24, 2.45) is 5.73 Å². The van der Waals surface area contributed by atoms with Crippen LogP contribution in [-0.2, 0) is 27.9 Å². The van der Waals surface area contributed by atoms with Gasteiger partial charge in [0.25, 0.3) is 0 Å². The summed E-state index contributed by atoms with van der Waals surface area (Å²) in [6.07, 6.45) is 61.4. The standard InChI is InChI=1S/C50H86NO7P/c1-3-5-7-9-11-13-15-17-19-20-21-22-23-24-25-26-27-28-29-30-32-34-36-38-40-42-45-55-47-49(48-57-59(53,54)56-46-44-51)58-50(52)43-41-39-37-35-33-31-18-16-14-12-10-8-6-4-2/h5,7,10-13,16-19,21-22,24-25,27-28,49H,3-4,6,8-9,14-15,20,23,26,29-48,51H2,1-2H3,(H,53,54)/b7-5-,12-10-,13-11-,18-16-,19-17-,22-21-,25-24-,28-27-. The summed E-state index contributed by atoms with van der Waals surface area (Å²) in [6, 6.07) is 0. The van der Waals surface area contributed by atoms with E-state index in [1.165, 1.54) is 44.9 Å². The van der Waals surface area contributed by atoms with E-state index >= 15 is 0 Å². The lowest BCUT2D eigenvalue weighted by Gasteiger charge is -2.20. The number of esters is 1. The van der Waals surface area contributed by atoms with Crippen LogP contribution in [0, 0.1) is 0 Å². The molecule has 0 aliphatic heterocycles. The second-order valence-electron chi connectivity index (χ2n) is 14.9. The highest BCUT2D eigenvalue weighted by Crippen LogP contribution is 2.43. The van der Waals surface area contributed by atoms with Gasteiger partial charge in [-0.3, -0.25) is 13.8 Å². The molecule has 0 aromatic heterocycles. The van der Waals surface area contributed by atoms with E-state index in [1.54, 1.807) is 0 Å². The molecule has 0 radical (unpaired) electrons. The Labute approximate surface area is 361 Å². The van der Waals surface area contributed by atoms with Crippen molar-refractivity contribution in [1.82, 2.24) is 0 Å². The molecule has 0 spiro atoms. The maximum Gasteiger partial charge on any atom is 0.472 e. The molecule has 59 heavy (non-hydrogen) atoms. The summed E-state index contributed by atoms with van der Waals surface area (Å²) in [7, 11) is -4.29. The summed E-state index contributed by atoms with van der Waals surface area (Å²) in [4.78, 5) is 22.5. The van der Waals surface area contributed by atoms with Gasteiger partial charge in [-0.1, -0.05) is 175 Å². The van der Waals surface area contributed by atoms with Crippen LogP contribution in [0.4, 0.5) is 0 Å². The van der Waals surface area contributed by atoms with Crippen molar-refractivity contribution in [1.29, 1.82) is 0 Å². The molecular formula is C50H86NO7P. The number of unbranched alkanes of at least 4 members (excludes halogenated alkanes) is 14. The van der Waals surface area contributed by atoms with Gasteiger partial charge >= 0.3 is 13.8 Å². The van der Waals surface area contributed by atoms with Crippen molar-refractivity contribution in [3.63, 3.8) is 0 Å². The molecule has 0 bridgehead atoms. The van der Waals surface area contributed by atoms with Crippen LogP contribution < -0.4 is 5.73 Å². The van der Waals surface area contributed by atoms with Gasteiger partial charge in [0.2, 0.25) is 0 Å². The van der Waals surface area contributed by atoms with Crippen LogP contribution in [-0.4, -0.2) is 49.9 Å². The number of nitrogens with two attached hydrogens (primary N) is 1. The van der Waals surface area contributed by atoms with Gasteiger partial charge in [0, 0.05) is 19.6 Å². The molecule has 0 amide bonds. The molecule has 338 valence electrons. The number of phosphoric ester groups is 1. The molecule has 0 aromatic rings. The molecule has 2 unspecified atom stereocenters. The van der Waals surface area contributed by atoms with Crippen LogP contribution in [0.5, 0.6) is 0 Å². The summed E-state index contributed by atoms with van der Waals surface area (Å²) in [5.74, 6) is -0.353. The van der Waals surface area contributed by atoms with Gasteiger partial charge in [-0.15, -0.1) is 0 Å². The number of hydrogen-bond donors (Lipinski definition) is 2. The fourth-order valence-corrected chi connectivity index (χ4v) is 6.60. The highest BCUT2D eigenvalue weighted by molar-refractivity contribution is 7.47. The van der Waals surface area contributed by atoms with E-state index in [-0.39, 0.29) is 32.3 Å². The predicted octanol–water partition coefficient (Wildman–Crippen LogP) is 14.2. The van der Waals surface area contributed by atoms with E-state index in [4.69, 9.17) is 24.3 Å². The zero-order valence-electron chi connectivity index (χ0n) is 37.4. The van der Waals surface area contributed by atoms with Crippen molar-refractivity contribution in [2.75, 3.05) is 33.0 Å².